The van der Waals surface area contributed by atoms with Gasteiger partial charge in [0.25, 0.3) is 0 Å². The molecule has 11 heavy (non-hydrogen) atoms. The van der Waals surface area contributed by atoms with E-state index in [1.165, 1.54) is 13.1 Å². The molecule has 1 atom stereocenters. The molecule has 0 aliphatic carbocycles. The zero-order chi connectivity index (χ0) is 9.07. The van der Waals surface area contributed by atoms with Gasteiger partial charge < -0.3 is 0 Å². The van der Waals surface area contributed by atoms with Gasteiger partial charge in [0.05, 0.1) is 0 Å². The van der Waals surface area contributed by atoms with Crippen LogP contribution in [0, 0.1) is 0 Å². The minimum absolute atomic E-state index is 0.0481. The van der Waals surface area contributed by atoms with Crippen LogP contribution in [0.3, 0.4) is 0 Å². The molecule has 0 aromatic carbocycles. The van der Waals surface area contributed by atoms with Crippen LogP contribution in [0.2, 0.25) is 0 Å². The van der Waals surface area contributed by atoms with Gasteiger partial charge in [0, 0.05) is 0 Å². The normalized spacial score (nSPS) is 15.5. The molecule has 0 fully saturated rings. The maximum absolute atomic E-state index is 2.56. The van der Waals surface area contributed by atoms with Crippen molar-refractivity contribution in [1.29, 1.82) is 0 Å². The first kappa shape index (κ1) is 11.4. The monoisotopic (exact) mass is 175 g/mol. The second-order valence-corrected chi connectivity index (χ2v) is 6.79. The zero-order valence-electron chi connectivity index (χ0n) is 8.81. The molecule has 0 bridgehead atoms. The van der Waals surface area contributed by atoms with Gasteiger partial charge in [-0.1, -0.05) is 34.6 Å². The van der Waals surface area contributed by atoms with E-state index in [4.69, 9.17) is 0 Å². The molecule has 0 saturated heterocycles. The topological polar surface area (TPSA) is 3.24 Å². The Morgan fingerprint density at radius 2 is 1.45 bits per heavy atom. The van der Waals surface area contributed by atoms with E-state index in [0.717, 1.165) is 0 Å². The highest BCUT2D eigenvalue weighted by Gasteiger charge is 2.23. The fraction of sp³-hybridized carbons (Fsp3) is 1.00. The molecular weight excluding hydrogens is 153 g/mol. The molecule has 0 aliphatic heterocycles. The third kappa shape index (κ3) is 3.53. The van der Waals surface area contributed by atoms with Crippen LogP contribution in [0.1, 0.15) is 34.6 Å². The lowest BCUT2D eigenvalue weighted by Crippen LogP contribution is -2.26. The molecule has 0 amide bonds. The number of nitrogens with zero attached hydrogens (tertiary/aromatic N) is 1. The summed E-state index contributed by atoms with van der Waals surface area (Å²) in [6, 6.07) is 0. The molecule has 0 aliphatic rings. The summed E-state index contributed by atoms with van der Waals surface area (Å²) < 4.78 is 2.56. The molecular formula is C9H22NP. The van der Waals surface area contributed by atoms with E-state index < -0.39 is 0 Å². The Labute approximate surface area is 73.0 Å². The standard InChI is InChI=1S/C9H22NP/c1-7-10(8-2)11(6)9(3,4)5/h7-8H2,1-6H3. The molecule has 1 nitrogen and oxygen atoms in total. The van der Waals surface area contributed by atoms with Gasteiger partial charge in [0.1, 0.15) is 0 Å². The predicted molar refractivity (Wildman–Crippen MR) is 55.5 cm³/mol. The molecule has 0 spiro atoms. The lowest BCUT2D eigenvalue weighted by Gasteiger charge is -2.36. The highest BCUT2D eigenvalue weighted by molar-refractivity contribution is 7.55. The Balaban J connectivity index is 4.09. The smallest absolute Gasteiger partial charge is 0.000758 e. The maximum atomic E-state index is 2.56. The van der Waals surface area contributed by atoms with Crippen molar-refractivity contribution in [1.82, 2.24) is 4.67 Å². The van der Waals surface area contributed by atoms with E-state index >= 15 is 0 Å². The van der Waals surface area contributed by atoms with Crippen LogP contribution >= 0.6 is 8.07 Å². The van der Waals surface area contributed by atoms with Crippen LogP contribution in [0.4, 0.5) is 0 Å². The first-order valence-electron chi connectivity index (χ1n) is 4.42. The third-order valence-corrected chi connectivity index (χ3v) is 5.48. The quantitative estimate of drug-likeness (QED) is 0.595. The summed E-state index contributed by atoms with van der Waals surface area (Å²) in [5.41, 5.74) is 0. The molecule has 0 radical (unpaired) electrons. The van der Waals surface area contributed by atoms with Crippen LogP contribution in [0.15, 0.2) is 0 Å². The molecule has 0 aromatic heterocycles. The van der Waals surface area contributed by atoms with E-state index in [9.17, 15) is 0 Å². The summed E-state index contributed by atoms with van der Waals surface area (Å²) in [6.07, 6.45) is 0. The van der Waals surface area contributed by atoms with Gasteiger partial charge in [-0.2, -0.15) is 0 Å². The second kappa shape index (κ2) is 4.42. The van der Waals surface area contributed by atoms with Crippen molar-refractivity contribution in [2.24, 2.45) is 0 Å². The van der Waals surface area contributed by atoms with E-state index in [1.54, 1.807) is 0 Å². The second-order valence-electron chi connectivity index (χ2n) is 3.83. The minimum atomic E-state index is 0.0481. The average molecular weight is 175 g/mol. The van der Waals surface area contributed by atoms with Crippen LogP contribution in [-0.4, -0.2) is 29.6 Å². The highest BCUT2D eigenvalue weighted by Crippen LogP contribution is 2.48. The predicted octanol–water partition coefficient (Wildman–Crippen LogP) is 3.15. The van der Waals surface area contributed by atoms with Crippen molar-refractivity contribution in [2.75, 3.05) is 19.8 Å². The summed E-state index contributed by atoms with van der Waals surface area (Å²) >= 11 is 0. The number of hydrogen-bond donors (Lipinski definition) is 0. The molecule has 0 heterocycles. The van der Waals surface area contributed by atoms with Gasteiger partial charge in [-0.05, 0) is 33.0 Å². The first-order chi connectivity index (χ1) is 4.93. The molecule has 0 aromatic rings. The Morgan fingerprint density at radius 1 is 1.09 bits per heavy atom. The van der Waals surface area contributed by atoms with Gasteiger partial charge in [0.2, 0.25) is 0 Å². The molecule has 68 valence electrons. The minimum Gasteiger partial charge on any atom is -0.282 e. The van der Waals surface area contributed by atoms with Gasteiger partial charge in [-0.3, -0.25) is 4.67 Å². The van der Waals surface area contributed by atoms with Crippen LogP contribution in [0.25, 0.3) is 0 Å². The molecule has 0 N–H and O–H groups in total. The van der Waals surface area contributed by atoms with Gasteiger partial charge >= 0.3 is 0 Å². The van der Waals surface area contributed by atoms with E-state index in [1.807, 2.05) is 0 Å². The summed E-state index contributed by atoms with van der Waals surface area (Å²) in [7, 11) is 0.0481. The Kier molecular flexibility index (Phi) is 4.58. The largest absolute Gasteiger partial charge is 0.282 e. The van der Waals surface area contributed by atoms with Gasteiger partial charge in [-0.25, -0.2) is 0 Å². The van der Waals surface area contributed by atoms with Crippen molar-refractivity contribution >= 4 is 8.07 Å². The van der Waals surface area contributed by atoms with Crippen molar-refractivity contribution in [3.8, 4) is 0 Å². The Morgan fingerprint density at radius 3 is 1.55 bits per heavy atom. The lowest BCUT2D eigenvalue weighted by molar-refractivity contribution is 0.492. The third-order valence-electron chi connectivity index (χ3n) is 2.13. The maximum Gasteiger partial charge on any atom is -0.000758 e. The Bertz CT molecular complexity index is 103. The van der Waals surface area contributed by atoms with Crippen molar-refractivity contribution < 1.29 is 0 Å². The summed E-state index contributed by atoms with van der Waals surface area (Å²) in [6.45, 7) is 16.2. The lowest BCUT2D eigenvalue weighted by atomic mass is 10.3. The fourth-order valence-corrected chi connectivity index (χ4v) is 2.77. The van der Waals surface area contributed by atoms with E-state index in [0.29, 0.717) is 5.16 Å². The summed E-state index contributed by atoms with van der Waals surface area (Å²) in [4.78, 5) is 0. The zero-order valence-corrected chi connectivity index (χ0v) is 9.70. The molecule has 1 unspecified atom stereocenters. The van der Waals surface area contributed by atoms with Crippen LogP contribution in [-0.2, 0) is 0 Å². The van der Waals surface area contributed by atoms with E-state index in [2.05, 4.69) is 46.0 Å². The van der Waals surface area contributed by atoms with E-state index in [-0.39, 0.29) is 8.07 Å². The highest BCUT2D eigenvalue weighted by atomic mass is 31.1. The SMILES string of the molecule is CCN(CC)P(C)C(C)(C)C. The van der Waals surface area contributed by atoms with Crippen LogP contribution < -0.4 is 0 Å². The van der Waals surface area contributed by atoms with Gasteiger partial charge in [0.15, 0.2) is 0 Å². The average Bonchev–Trinajstić information content (AvgIpc) is 1.88. The molecule has 0 saturated carbocycles. The number of rotatable bonds is 3. The van der Waals surface area contributed by atoms with Crippen molar-refractivity contribution in [3.05, 3.63) is 0 Å². The van der Waals surface area contributed by atoms with Crippen LogP contribution in [0.5, 0.6) is 0 Å². The summed E-state index contributed by atoms with van der Waals surface area (Å²) in [5.74, 6) is 0. The first-order valence-corrected chi connectivity index (χ1v) is 6.16. The number of hydrogen-bond acceptors (Lipinski definition) is 1. The molecule has 2 heteroatoms. The Hall–Kier alpha value is 0.390. The van der Waals surface area contributed by atoms with Gasteiger partial charge in [-0.15, -0.1) is 0 Å². The van der Waals surface area contributed by atoms with Crippen molar-refractivity contribution in [2.45, 2.75) is 39.8 Å². The van der Waals surface area contributed by atoms with Crippen molar-refractivity contribution in [3.63, 3.8) is 0 Å². The fourth-order valence-electron chi connectivity index (χ4n) is 1.07. The summed E-state index contributed by atoms with van der Waals surface area (Å²) in [5, 5.41) is 0.474. The molecule has 0 rings (SSSR count).